The Balaban J connectivity index is 1.55. The van der Waals surface area contributed by atoms with Crippen LogP contribution in [0.25, 0.3) is 0 Å². The molecule has 30 heavy (non-hydrogen) atoms. The van der Waals surface area contributed by atoms with Crippen LogP contribution in [0.5, 0.6) is 5.75 Å². The summed E-state index contributed by atoms with van der Waals surface area (Å²) in [5.74, 6) is 0.603. The van der Waals surface area contributed by atoms with Gasteiger partial charge in [0.15, 0.2) is 0 Å². The number of non-ortho nitro benzene ring substituents is 1. The van der Waals surface area contributed by atoms with Crippen molar-refractivity contribution >= 4 is 21.9 Å². The van der Waals surface area contributed by atoms with Crippen LogP contribution in [0.1, 0.15) is 16.7 Å². The van der Waals surface area contributed by atoms with Gasteiger partial charge in [0.05, 0.1) is 16.0 Å². The number of rotatable bonds is 8. The lowest BCUT2D eigenvalue weighted by molar-refractivity contribution is -0.384. The van der Waals surface area contributed by atoms with Crippen molar-refractivity contribution in [2.45, 2.75) is 18.4 Å². The molecule has 3 aromatic rings. The van der Waals surface area contributed by atoms with E-state index in [1.54, 1.807) is 48.5 Å². The van der Waals surface area contributed by atoms with Crippen LogP contribution < -0.4 is 9.57 Å². The van der Waals surface area contributed by atoms with Gasteiger partial charge in [-0.25, -0.2) is 4.83 Å². The molecule has 0 unspecified atom stereocenters. The molecule has 0 atom stereocenters. The van der Waals surface area contributed by atoms with Gasteiger partial charge in [0.25, 0.3) is 15.7 Å². The van der Waals surface area contributed by atoms with Gasteiger partial charge >= 0.3 is 0 Å². The Morgan fingerprint density at radius 1 is 1.00 bits per heavy atom. The number of benzene rings is 3. The summed E-state index contributed by atoms with van der Waals surface area (Å²) < 4.78 is 30.0. The van der Waals surface area contributed by atoms with E-state index >= 15 is 0 Å². The second-order valence-corrected chi connectivity index (χ2v) is 8.11. The first-order chi connectivity index (χ1) is 14.3. The van der Waals surface area contributed by atoms with Crippen molar-refractivity contribution < 1.29 is 18.1 Å². The summed E-state index contributed by atoms with van der Waals surface area (Å²) in [6.07, 6.45) is 1.39. The number of ether oxygens (including phenoxy) is 1. The summed E-state index contributed by atoms with van der Waals surface area (Å²) in [7, 11) is -3.72. The van der Waals surface area contributed by atoms with Crippen LogP contribution in [0, 0.1) is 17.0 Å². The fourth-order valence-corrected chi connectivity index (χ4v) is 3.26. The summed E-state index contributed by atoms with van der Waals surface area (Å²) in [6, 6.07) is 19.5. The molecule has 0 aliphatic carbocycles. The SMILES string of the molecule is Cc1ccc(S(=O)(=O)N/N=C/c2ccc(OCc3ccc([N+](=O)[O-])cc3)cc2)cc1. The Bertz CT molecular complexity index is 1140. The van der Waals surface area contributed by atoms with Crippen LogP contribution in [0.4, 0.5) is 5.69 Å². The third-order valence-corrected chi connectivity index (χ3v) is 5.39. The van der Waals surface area contributed by atoms with Crippen LogP contribution in [0.3, 0.4) is 0 Å². The maximum Gasteiger partial charge on any atom is 0.276 e. The second-order valence-electron chi connectivity index (χ2n) is 6.45. The number of nitro benzene ring substituents is 1. The van der Waals surface area contributed by atoms with Gasteiger partial charge in [-0.1, -0.05) is 17.7 Å². The first-order valence-electron chi connectivity index (χ1n) is 8.91. The third-order valence-electron chi connectivity index (χ3n) is 4.15. The van der Waals surface area contributed by atoms with Crippen molar-refractivity contribution in [1.29, 1.82) is 0 Å². The van der Waals surface area contributed by atoms with E-state index in [1.165, 1.54) is 30.5 Å². The van der Waals surface area contributed by atoms with Crippen LogP contribution in [-0.4, -0.2) is 19.6 Å². The van der Waals surface area contributed by atoms with E-state index in [0.29, 0.717) is 11.3 Å². The molecule has 0 aromatic heterocycles. The Morgan fingerprint density at radius 2 is 1.63 bits per heavy atom. The maximum atomic E-state index is 12.2. The van der Waals surface area contributed by atoms with Gasteiger partial charge in [-0.2, -0.15) is 13.5 Å². The van der Waals surface area contributed by atoms with E-state index in [4.69, 9.17) is 4.74 Å². The van der Waals surface area contributed by atoms with Crippen molar-refractivity contribution in [3.63, 3.8) is 0 Å². The van der Waals surface area contributed by atoms with Crippen molar-refractivity contribution in [3.8, 4) is 5.75 Å². The molecule has 9 heteroatoms. The fourth-order valence-electron chi connectivity index (χ4n) is 2.47. The molecule has 0 heterocycles. The second kappa shape index (κ2) is 9.19. The average molecular weight is 425 g/mol. The molecule has 0 aliphatic rings. The lowest BCUT2D eigenvalue weighted by atomic mass is 10.2. The highest BCUT2D eigenvalue weighted by Gasteiger charge is 2.11. The first kappa shape index (κ1) is 21.0. The minimum Gasteiger partial charge on any atom is -0.489 e. The Labute approximate surface area is 174 Å². The number of hydrazone groups is 1. The van der Waals surface area contributed by atoms with Gasteiger partial charge < -0.3 is 4.74 Å². The van der Waals surface area contributed by atoms with Crippen molar-refractivity contribution in [3.05, 3.63) is 99.6 Å². The number of hydrogen-bond acceptors (Lipinski definition) is 6. The largest absolute Gasteiger partial charge is 0.489 e. The predicted molar refractivity (Wildman–Crippen MR) is 113 cm³/mol. The average Bonchev–Trinajstić information content (AvgIpc) is 2.73. The molecule has 0 fully saturated rings. The monoisotopic (exact) mass is 425 g/mol. The number of sulfonamides is 1. The summed E-state index contributed by atoms with van der Waals surface area (Å²) >= 11 is 0. The van der Waals surface area contributed by atoms with E-state index in [0.717, 1.165) is 11.1 Å². The third kappa shape index (κ3) is 5.65. The summed E-state index contributed by atoms with van der Waals surface area (Å²) in [4.78, 5) is 12.5. The molecule has 0 radical (unpaired) electrons. The normalized spacial score (nSPS) is 11.4. The number of nitro groups is 1. The molecular formula is C21H19N3O5S. The van der Waals surface area contributed by atoms with Crippen LogP contribution in [0.2, 0.25) is 0 Å². The van der Waals surface area contributed by atoms with Crippen LogP contribution in [-0.2, 0) is 16.6 Å². The lowest BCUT2D eigenvalue weighted by Crippen LogP contribution is -2.18. The minimum absolute atomic E-state index is 0.0281. The molecular weight excluding hydrogens is 406 g/mol. The standard InChI is InChI=1S/C21H19N3O5S/c1-16-2-12-21(13-3-16)30(27,28)23-22-14-17-6-10-20(11-7-17)29-15-18-4-8-19(9-5-18)24(25)26/h2-14,23H,15H2,1H3/b22-14+. The van der Waals surface area contributed by atoms with Gasteiger partial charge in [0, 0.05) is 12.1 Å². The van der Waals surface area contributed by atoms with Crippen LogP contribution >= 0.6 is 0 Å². The zero-order valence-corrected chi connectivity index (χ0v) is 16.9. The van der Waals surface area contributed by atoms with Gasteiger partial charge in [-0.05, 0) is 66.6 Å². The Hall–Kier alpha value is -3.72. The lowest BCUT2D eigenvalue weighted by Gasteiger charge is -2.06. The van der Waals surface area contributed by atoms with Crippen molar-refractivity contribution in [1.82, 2.24) is 4.83 Å². The van der Waals surface area contributed by atoms with Gasteiger partial charge in [0.1, 0.15) is 12.4 Å². The van der Waals surface area contributed by atoms with Gasteiger partial charge in [0.2, 0.25) is 0 Å². The highest BCUT2D eigenvalue weighted by Crippen LogP contribution is 2.16. The fraction of sp³-hybridized carbons (Fsp3) is 0.0952. The van der Waals surface area contributed by atoms with E-state index < -0.39 is 14.9 Å². The maximum absolute atomic E-state index is 12.2. The molecule has 0 saturated carbocycles. The zero-order valence-electron chi connectivity index (χ0n) is 16.1. The summed E-state index contributed by atoms with van der Waals surface area (Å²) in [5, 5.41) is 14.5. The number of nitrogens with one attached hydrogen (secondary N) is 1. The van der Waals surface area contributed by atoms with E-state index in [2.05, 4.69) is 9.93 Å². The van der Waals surface area contributed by atoms with Crippen molar-refractivity contribution in [2.75, 3.05) is 0 Å². The summed E-state index contributed by atoms with van der Waals surface area (Å²) in [5.41, 5.74) is 2.48. The Kier molecular flexibility index (Phi) is 6.43. The molecule has 3 rings (SSSR count). The molecule has 0 saturated heterocycles. The highest BCUT2D eigenvalue weighted by atomic mass is 32.2. The number of nitrogens with zero attached hydrogens (tertiary/aromatic N) is 2. The number of aryl methyl sites for hydroxylation is 1. The molecule has 1 N–H and O–H groups in total. The summed E-state index contributed by atoms with van der Waals surface area (Å²) in [6.45, 7) is 2.14. The smallest absolute Gasteiger partial charge is 0.276 e. The topological polar surface area (TPSA) is 111 Å². The molecule has 0 spiro atoms. The predicted octanol–water partition coefficient (Wildman–Crippen LogP) is 3.79. The first-order valence-corrected chi connectivity index (χ1v) is 10.4. The van der Waals surface area contributed by atoms with Crippen LogP contribution in [0.15, 0.2) is 82.8 Å². The Morgan fingerprint density at radius 3 is 2.23 bits per heavy atom. The molecule has 0 bridgehead atoms. The van der Waals surface area contributed by atoms with E-state index in [1.807, 2.05) is 6.92 Å². The molecule has 0 aliphatic heterocycles. The van der Waals surface area contributed by atoms with Crippen molar-refractivity contribution in [2.24, 2.45) is 5.10 Å². The molecule has 3 aromatic carbocycles. The van der Waals surface area contributed by atoms with E-state index in [9.17, 15) is 18.5 Å². The minimum atomic E-state index is -3.72. The molecule has 154 valence electrons. The quantitative estimate of drug-likeness (QED) is 0.335. The molecule has 0 amide bonds. The highest BCUT2D eigenvalue weighted by molar-refractivity contribution is 7.89. The molecule has 8 nitrogen and oxygen atoms in total. The number of hydrogen-bond donors (Lipinski definition) is 1. The van der Waals surface area contributed by atoms with Gasteiger partial charge in [-0.15, -0.1) is 0 Å². The zero-order chi connectivity index (χ0) is 21.6. The van der Waals surface area contributed by atoms with Gasteiger partial charge in [-0.3, -0.25) is 10.1 Å². The van der Waals surface area contributed by atoms with E-state index in [-0.39, 0.29) is 17.2 Å².